The van der Waals surface area contributed by atoms with Crippen LogP contribution in [0.15, 0.2) is 42.5 Å². The standard InChI is InChI=1S/C17H13ClN2O4/c18-14-9-8-13(15(20-14)16(21)22)7-4-10-19-17(23)24-11-12-5-2-1-3-6-12/h1-3,5-6,8-9H,10-11H2,(H,19,23)(H,21,22). The second kappa shape index (κ2) is 8.56. The summed E-state index contributed by atoms with van der Waals surface area (Å²) in [6, 6.07) is 12.2. The van der Waals surface area contributed by atoms with Gasteiger partial charge >= 0.3 is 12.1 Å². The minimum Gasteiger partial charge on any atom is -0.476 e. The number of amides is 1. The van der Waals surface area contributed by atoms with Crippen molar-refractivity contribution >= 4 is 23.7 Å². The molecule has 6 nitrogen and oxygen atoms in total. The molecule has 0 bridgehead atoms. The first-order valence-corrected chi connectivity index (χ1v) is 7.27. The van der Waals surface area contributed by atoms with E-state index in [4.69, 9.17) is 21.4 Å². The van der Waals surface area contributed by atoms with E-state index in [-0.39, 0.29) is 29.6 Å². The van der Waals surface area contributed by atoms with Gasteiger partial charge in [0.15, 0.2) is 5.69 Å². The molecule has 0 radical (unpaired) electrons. The third kappa shape index (κ3) is 5.30. The number of hydrogen-bond donors (Lipinski definition) is 2. The highest BCUT2D eigenvalue weighted by Gasteiger charge is 2.10. The van der Waals surface area contributed by atoms with Gasteiger partial charge in [0.05, 0.1) is 12.1 Å². The third-order valence-electron chi connectivity index (χ3n) is 2.82. The maximum atomic E-state index is 11.5. The Hall–Kier alpha value is -3.04. The lowest BCUT2D eigenvalue weighted by Crippen LogP contribution is -2.24. The summed E-state index contributed by atoms with van der Waals surface area (Å²) in [5.41, 5.74) is 0.852. The number of carbonyl (C=O) groups excluding carboxylic acids is 1. The number of nitrogens with one attached hydrogen (secondary N) is 1. The Morgan fingerprint density at radius 2 is 1.96 bits per heavy atom. The summed E-state index contributed by atoms with van der Waals surface area (Å²) in [5.74, 6) is 4.04. The zero-order chi connectivity index (χ0) is 17.4. The van der Waals surface area contributed by atoms with Crippen LogP contribution in [0.4, 0.5) is 4.79 Å². The molecule has 2 aromatic rings. The molecule has 1 aromatic heterocycles. The van der Waals surface area contributed by atoms with E-state index in [9.17, 15) is 9.59 Å². The van der Waals surface area contributed by atoms with E-state index in [0.717, 1.165) is 5.56 Å². The molecule has 0 saturated heterocycles. The maximum Gasteiger partial charge on any atom is 0.408 e. The van der Waals surface area contributed by atoms with Gasteiger partial charge in [0.1, 0.15) is 11.8 Å². The van der Waals surface area contributed by atoms with Crippen molar-refractivity contribution in [1.82, 2.24) is 10.3 Å². The largest absolute Gasteiger partial charge is 0.476 e. The number of ether oxygens (including phenoxy) is 1. The molecule has 0 spiro atoms. The van der Waals surface area contributed by atoms with E-state index in [0.29, 0.717) is 0 Å². The molecule has 0 aliphatic carbocycles. The van der Waals surface area contributed by atoms with Crippen LogP contribution in [0, 0.1) is 11.8 Å². The summed E-state index contributed by atoms with van der Waals surface area (Å²) in [6.07, 6.45) is -0.610. The van der Waals surface area contributed by atoms with Crippen LogP contribution in [0.1, 0.15) is 21.6 Å². The van der Waals surface area contributed by atoms with Gasteiger partial charge in [-0.15, -0.1) is 0 Å². The average molecular weight is 345 g/mol. The normalized spacial score (nSPS) is 9.54. The number of pyridine rings is 1. The molecule has 122 valence electrons. The van der Waals surface area contributed by atoms with Crippen LogP contribution >= 0.6 is 11.6 Å². The van der Waals surface area contributed by atoms with Gasteiger partial charge in [0, 0.05) is 0 Å². The number of rotatable bonds is 4. The fraction of sp³-hybridized carbons (Fsp3) is 0.118. The molecule has 1 amide bonds. The molecule has 2 rings (SSSR count). The Morgan fingerprint density at radius 3 is 2.67 bits per heavy atom. The van der Waals surface area contributed by atoms with Gasteiger partial charge in [-0.05, 0) is 17.7 Å². The molecular formula is C17H13ClN2O4. The Morgan fingerprint density at radius 1 is 1.21 bits per heavy atom. The third-order valence-corrected chi connectivity index (χ3v) is 3.03. The predicted octanol–water partition coefficient (Wildman–Crippen LogP) is 2.71. The summed E-state index contributed by atoms with van der Waals surface area (Å²) in [6.45, 7) is 0.166. The first-order chi connectivity index (χ1) is 11.6. The smallest absolute Gasteiger partial charge is 0.408 e. The van der Waals surface area contributed by atoms with E-state index in [2.05, 4.69) is 22.1 Å². The second-order valence-electron chi connectivity index (χ2n) is 4.55. The van der Waals surface area contributed by atoms with Gasteiger partial charge in [0.25, 0.3) is 0 Å². The lowest BCUT2D eigenvalue weighted by Gasteiger charge is -2.04. The Bertz CT molecular complexity index is 797. The van der Waals surface area contributed by atoms with Crippen molar-refractivity contribution in [3.63, 3.8) is 0 Å². The monoisotopic (exact) mass is 344 g/mol. The number of aromatic nitrogens is 1. The Balaban J connectivity index is 1.85. The van der Waals surface area contributed by atoms with Crippen LogP contribution in [-0.2, 0) is 11.3 Å². The average Bonchev–Trinajstić information content (AvgIpc) is 2.58. The highest BCUT2D eigenvalue weighted by atomic mass is 35.5. The van der Waals surface area contributed by atoms with E-state index in [1.54, 1.807) is 0 Å². The molecule has 1 aromatic carbocycles. The molecule has 0 aliphatic heterocycles. The summed E-state index contributed by atoms with van der Waals surface area (Å²) < 4.78 is 5.02. The quantitative estimate of drug-likeness (QED) is 0.657. The van der Waals surface area contributed by atoms with E-state index < -0.39 is 12.1 Å². The number of alkyl carbamates (subject to hydrolysis) is 1. The highest BCUT2D eigenvalue weighted by Crippen LogP contribution is 2.10. The lowest BCUT2D eigenvalue weighted by atomic mass is 10.2. The van der Waals surface area contributed by atoms with Gasteiger partial charge < -0.3 is 15.2 Å². The molecule has 24 heavy (non-hydrogen) atoms. The van der Waals surface area contributed by atoms with Crippen LogP contribution in [0.5, 0.6) is 0 Å². The second-order valence-corrected chi connectivity index (χ2v) is 4.94. The maximum absolute atomic E-state index is 11.5. The van der Waals surface area contributed by atoms with Crippen molar-refractivity contribution in [2.45, 2.75) is 6.61 Å². The minimum atomic E-state index is -1.22. The van der Waals surface area contributed by atoms with Crippen LogP contribution in [0.3, 0.4) is 0 Å². The van der Waals surface area contributed by atoms with Crippen molar-refractivity contribution < 1.29 is 19.4 Å². The summed E-state index contributed by atoms with van der Waals surface area (Å²) in [7, 11) is 0. The van der Waals surface area contributed by atoms with Crippen molar-refractivity contribution in [1.29, 1.82) is 0 Å². The summed E-state index contributed by atoms with van der Waals surface area (Å²) in [5, 5.41) is 11.6. The molecule has 0 aliphatic rings. The topological polar surface area (TPSA) is 88.5 Å². The number of nitrogens with zero attached hydrogens (tertiary/aromatic N) is 1. The fourth-order valence-electron chi connectivity index (χ4n) is 1.73. The molecule has 0 atom stereocenters. The van der Waals surface area contributed by atoms with Crippen LogP contribution in [0.25, 0.3) is 0 Å². The number of hydrogen-bond acceptors (Lipinski definition) is 4. The zero-order valence-electron chi connectivity index (χ0n) is 12.5. The number of carboxylic acid groups (broad SMARTS) is 1. The number of aromatic carboxylic acids is 1. The number of halogens is 1. The van der Waals surface area contributed by atoms with Crippen LogP contribution < -0.4 is 5.32 Å². The van der Waals surface area contributed by atoms with Crippen molar-refractivity contribution in [2.24, 2.45) is 0 Å². The SMILES string of the molecule is O=C(NCC#Cc1ccc(Cl)nc1C(=O)O)OCc1ccccc1. The molecule has 0 fully saturated rings. The molecule has 7 heteroatoms. The Labute approximate surface area is 143 Å². The van der Waals surface area contributed by atoms with E-state index in [1.807, 2.05) is 30.3 Å². The molecule has 2 N–H and O–H groups in total. The van der Waals surface area contributed by atoms with Gasteiger partial charge in [-0.3, -0.25) is 0 Å². The zero-order valence-corrected chi connectivity index (χ0v) is 13.2. The first kappa shape index (κ1) is 17.3. The van der Waals surface area contributed by atoms with Gasteiger partial charge in [-0.1, -0.05) is 53.8 Å². The van der Waals surface area contributed by atoms with E-state index in [1.165, 1.54) is 12.1 Å². The van der Waals surface area contributed by atoms with Gasteiger partial charge in [-0.2, -0.15) is 0 Å². The lowest BCUT2D eigenvalue weighted by molar-refractivity contribution is 0.0690. The van der Waals surface area contributed by atoms with Crippen molar-refractivity contribution in [3.8, 4) is 11.8 Å². The van der Waals surface area contributed by atoms with Crippen LogP contribution in [-0.4, -0.2) is 28.7 Å². The number of carbonyl (C=O) groups is 2. The molecular weight excluding hydrogens is 332 g/mol. The number of benzene rings is 1. The Kier molecular flexibility index (Phi) is 6.17. The van der Waals surface area contributed by atoms with Gasteiger partial charge in [0.2, 0.25) is 0 Å². The minimum absolute atomic E-state index is 0.00923. The molecule has 0 unspecified atom stereocenters. The van der Waals surface area contributed by atoms with E-state index >= 15 is 0 Å². The number of carboxylic acids is 1. The highest BCUT2D eigenvalue weighted by molar-refractivity contribution is 6.29. The fourth-order valence-corrected chi connectivity index (χ4v) is 1.88. The van der Waals surface area contributed by atoms with Gasteiger partial charge in [-0.25, -0.2) is 14.6 Å². The molecule has 0 saturated carbocycles. The summed E-state index contributed by atoms with van der Waals surface area (Å²) >= 11 is 5.65. The van der Waals surface area contributed by atoms with Crippen LogP contribution in [0.2, 0.25) is 5.15 Å². The molecule has 1 heterocycles. The summed E-state index contributed by atoms with van der Waals surface area (Å²) in [4.78, 5) is 26.3. The first-order valence-electron chi connectivity index (χ1n) is 6.89. The predicted molar refractivity (Wildman–Crippen MR) is 87.7 cm³/mol. The van der Waals surface area contributed by atoms with Crippen molar-refractivity contribution in [3.05, 3.63) is 64.4 Å². The van der Waals surface area contributed by atoms with Crippen molar-refractivity contribution in [2.75, 3.05) is 6.54 Å².